The summed E-state index contributed by atoms with van der Waals surface area (Å²) in [6.45, 7) is 2.41. The Morgan fingerprint density at radius 3 is 2.70 bits per heavy atom. The maximum absolute atomic E-state index is 13.4. The smallest absolute Gasteiger partial charge is 0.280 e. The average Bonchev–Trinajstić information content (AvgIpc) is 3.10. The fraction of sp³-hybridized carbons (Fsp3) is 0.316. The lowest BCUT2D eigenvalue weighted by atomic mass is 10.1. The van der Waals surface area contributed by atoms with Crippen LogP contribution in [0.3, 0.4) is 0 Å². The van der Waals surface area contributed by atoms with Gasteiger partial charge in [0.05, 0.1) is 11.9 Å². The Kier molecular flexibility index (Phi) is 5.75. The van der Waals surface area contributed by atoms with Gasteiger partial charge in [0, 0.05) is 11.6 Å². The maximum atomic E-state index is 13.4. The Morgan fingerprint density at radius 1 is 1.30 bits per heavy atom. The number of halogens is 2. The molecule has 0 aliphatic rings. The predicted molar refractivity (Wildman–Crippen MR) is 98.6 cm³/mol. The minimum atomic E-state index is -2.76. The van der Waals surface area contributed by atoms with Crippen molar-refractivity contribution in [1.82, 2.24) is 19.9 Å². The number of rotatable bonds is 7. The molecule has 0 aliphatic carbocycles. The Balaban J connectivity index is 2.03. The number of nitrogens with zero attached hydrogens (tertiary/aromatic N) is 3. The highest BCUT2D eigenvalue weighted by Gasteiger charge is 2.21. The molecule has 3 N–H and O–H groups in total. The number of carbonyl (C=O) groups excluding carboxylic acids is 1. The van der Waals surface area contributed by atoms with Crippen molar-refractivity contribution >= 4 is 11.6 Å². The van der Waals surface area contributed by atoms with Gasteiger partial charge in [-0.25, -0.2) is 18.3 Å². The highest BCUT2D eigenvalue weighted by molar-refractivity contribution is 6.00. The molecule has 1 amide bonds. The van der Waals surface area contributed by atoms with Crippen molar-refractivity contribution in [1.29, 1.82) is 0 Å². The van der Waals surface area contributed by atoms with Crippen molar-refractivity contribution in [3.05, 3.63) is 53.9 Å². The zero-order valence-corrected chi connectivity index (χ0v) is 14.9. The van der Waals surface area contributed by atoms with Crippen LogP contribution in [0.25, 0.3) is 16.9 Å². The van der Waals surface area contributed by atoms with Crippen LogP contribution in [0.5, 0.6) is 0 Å². The van der Waals surface area contributed by atoms with Crippen LogP contribution in [0.15, 0.2) is 42.6 Å². The van der Waals surface area contributed by atoms with E-state index in [4.69, 9.17) is 5.73 Å². The van der Waals surface area contributed by atoms with E-state index in [-0.39, 0.29) is 17.3 Å². The van der Waals surface area contributed by atoms with Gasteiger partial charge in [0.2, 0.25) is 0 Å². The monoisotopic (exact) mass is 373 g/mol. The molecule has 2 aromatic heterocycles. The van der Waals surface area contributed by atoms with Gasteiger partial charge in [0.25, 0.3) is 12.3 Å². The topological polar surface area (TPSA) is 85.3 Å². The van der Waals surface area contributed by atoms with E-state index >= 15 is 0 Å². The fourth-order valence-corrected chi connectivity index (χ4v) is 2.87. The molecule has 27 heavy (non-hydrogen) atoms. The van der Waals surface area contributed by atoms with Crippen molar-refractivity contribution in [3.63, 3.8) is 0 Å². The van der Waals surface area contributed by atoms with E-state index in [1.54, 1.807) is 24.3 Å². The molecule has 6 nitrogen and oxygen atoms in total. The third-order valence-electron chi connectivity index (χ3n) is 4.25. The quantitative estimate of drug-likeness (QED) is 0.666. The number of aromatic nitrogens is 3. The third-order valence-corrected chi connectivity index (χ3v) is 4.25. The van der Waals surface area contributed by atoms with Gasteiger partial charge in [0.15, 0.2) is 5.65 Å². The van der Waals surface area contributed by atoms with Crippen molar-refractivity contribution < 1.29 is 13.6 Å². The van der Waals surface area contributed by atoms with Gasteiger partial charge in [-0.2, -0.15) is 5.10 Å². The van der Waals surface area contributed by atoms with Crippen molar-refractivity contribution in [2.24, 2.45) is 5.73 Å². The molecule has 142 valence electrons. The number of amides is 1. The summed E-state index contributed by atoms with van der Waals surface area (Å²) in [4.78, 5) is 16.6. The van der Waals surface area contributed by atoms with Crippen LogP contribution < -0.4 is 11.1 Å². The van der Waals surface area contributed by atoms with E-state index in [1.165, 1.54) is 16.8 Å². The van der Waals surface area contributed by atoms with Crippen LogP contribution >= 0.6 is 0 Å². The lowest BCUT2D eigenvalue weighted by Crippen LogP contribution is -2.33. The van der Waals surface area contributed by atoms with Crippen LogP contribution in [0.4, 0.5) is 8.78 Å². The standard InChI is InChI=1S/C19H21F2N5O/c1-12(6-5-9-22)24-19(27)14-11-23-26-16(13-7-3-2-4-8-13)10-15(17(20)21)25-18(14)26/h2-4,7-8,10-12,17H,5-6,9,22H2,1H3,(H,24,27). The van der Waals surface area contributed by atoms with Crippen LogP contribution in [0, 0.1) is 0 Å². The second-order valence-electron chi connectivity index (χ2n) is 6.33. The van der Waals surface area contributed by atoms with Crippen LogP contribution in [-0.4, -0.2) is 33.1 Å². The van der Waals surface area contributed by atoms with Crippen LogP contribution in [-0.2, 0) is 0 Å². The minimum Gasteiger partial charge on any atom is -0.349 e. The van der Waals surface area contributed by atoms with Gasteiger partial charge in [0.1, 0.15) is 11.3 Å². The van der Waals surface area contributed by atoms with Crippen LogP contribution in [0.1, 0.15) is 42.2 Å². The summed E-state index contributed by atoms with van der Waals surface area (Å²) in [5.41, 5.74) is 6.51. The van der Waals surface area contributed by atoms with Gasteiger partial charge >= 0.3 is 0 Å². The zero-order chi connectivity index (χ0) is 19.4. The number of hydrogen-bond donors (Lipinski definition) is 2. The molecule has 1 aromatic carbocycles. The summed E-state index contributed by atoms with van der Waals surface area (Å²) >= 11 is 0. The lowest BCUT2D eigenvalue weighted by Gasteiger charge is -2.13. The largest absolute Gasteiger partial charge is 0.349 e. The molecule has 8 heteroatoms. The van der Waals surface area contributed by atoms with Gasteiger partial charge in [-0.05, 0) is 32.4 Å². The summed E-state index contributed by atoms with van der Waals surface area (Å²) in [6, 6.07) is 10.2. The zero-order valence-electron chi connectivity index (χ0n) is 14.9. The molecule has 0 bridgehead atoms. The van der Waals surface area contributed by atoms with Crippen molar-refractivity contribution in [2.45, 2.75) is 32.2 Å². The average molecular weight is 373 g/mol. The van der Waals surface area contributed by atoms with E-state index < -0.39 is 18.0 Å². The van der Waals surface area contributed by atoms with E-state index in [2.05, 4.69) is 15.4 Å². The molecule has 3 rings (SSSR count). The third kappa shape index (κ3) is 4.11. The summed E-state index contributed by atoms with van der Waals surface area (Å²) in [6.07, 6.45) is 0.107. The van der Waals surface area contributed by atoms with Crippen molar-refractivity contribution in [3.8, 4) is 11.3 Å². The lowest BCUT2D eigenvalue weighted by molar-refractivity contribution is 0.0939. The first-order valence-electron chi connectivity index (χ1n) is 8.74. The van der Waals surface area contributed by atoms with E-state index in [1.807, 2.05) is 13.0 Å². The molecule has 0 saturated carbocycles. The first kappa shape index (κ1) is 18.9. The normalized spacial score (nSPS) is 12.5. The molecule has 0 radical (unpaired) electrons. The molecule has 0 fully saturated rings. The van der Waals surface area contributed by atoms with E-state index in [0.29, 0.717) is 17.8 Å². The summed E-state index contributed by atoms with van der Waals surface area (Å²) < 4.78 is 28.2. The number of carbonyl (C=O) groups is 1. The van der Waals surface area contributed by atoms with Crippen molar-refractivity contribution in [2.75, 3.05) is 6.54 Å². The Morgan fingerprint density at radius 2 is 2.04 bits per heavy atom. The fourth-order valence-electron chi connectivity index (χ4n) is 2.87. The number of alkyl halides is 2. The number of nitrogens with two attached hydrogens (primary N) is 1. The Hall–Kier alpha value is -2.87. The second kappa shape index (κ2) is 8.22. The molecular weight excluding hydrogens is 352 g/mol. The molecule has 2 heterocycles. The van der Waals surface area contributed by atoms with E-state index in [9.17, 15) is 13.6 Å². The summed E-state index contributed by atoms with van der Waals surface area (Å²) in [5, 5.41) is 7.06. The molecule has 1 unspecified atom stereocenters. The first-order chi connectivity index (χ1) is 13.0. The predicted octanol–water partition coefficient (Wildman–Crippen LogP) is 3.19. The number of nitrogens with one attached hydrogen (secondary N) is 1. The molecule has 1 atom stereocenters. The second-order valence-corrected chi connectivity index (χ2v) is 6.33. The first-order valence-corrected chi connectivity index (χ1v) is 8.74. The Labute approximate surface area is 155 Å². The minimum absolute atomic E-state index is 0.0946. The number of hydrogen-bond acceptors (Lipinski definition) is 4. The van der Waals surface area contributed by atoms with Gasteiger partial charge in [-0.3, -0.25) is 4.79 Å². The summed E-state index contributed by atoms with van der Waals surface area (Å²) in [7, 11) is 0. The van der Waals surface area contributed by atoms with E-state index in [0.717, 1.165) is 12.8 Å². The molecule has 0 spiro atoms. The van der Waals surface area contributed by atoms with Gasteiger partial charge in [-0.1, -0.05) is 30.3 Å². The molecule has 3 aromatic rings. The Bertz CT molecular complexity index is 926. The summed E-state index contributed by atoms with van der Waals surface area (Å²) in [5.74, 6) is -0.396. The van der Waals surface area contributed by atoms with Crippen LogP contribution in [0.2, 0.25) is 0 Å². The molecule has 0 saturated heterocycles. The van der Waals surface area contributed by atoms with Gasteiger partial charge < -0.3 is 11.1 Å². The highest BCUT2D eigenvalue weighted by Crippen LogP contribution is 2.26. The number of fused-ring (bicyclic) bond motifs is 1. The SMILES string of the molecule is CC(CCCN)NC(=O)c1cnn2c(-c3ccccc3)cc(C(F)F)nc12. The maximum Gasteiger partial charge on any atom is 0.280 e. The number of benzene rings is 1. The van der Waals surface area contributed by atoms with Gasteiger partial charge in [-0.15, -0.1) is 0 Å². The highest BCUT2D eigenvalue weighted by atomic mass is 19.3. The molecule has 0 aliphatic heterocycles. The molecular formula is C19H21F2N5O.